The smallest absolute Gasteiger partial charge is 0.406 e. The largest absolute Gasteiger partial charge is 0.474 e. The molecule has 0 amide bonds. The molecule has 0 aliphatic carbocycles. The maximum Gasteiger partial charge on any atom is 0.406 e. The molecule has 24 heavy (non-hydrogen) atoms. The fourth-order valence-electron chi connectivity index (χ4n) is 2.32. The molecule has 3 aromatic heterocycles. The Morgan fingerprint density at radius 2 is 2.17 bits per heavy atom. The van der Waals surface area contributed by atoms with Crippen molar-refractivity contribution in [3.8, 4) is 5.75 Å². The second kappa shape index (κ2) is 6.00. The van der Waals surface area contributed by atoms with E-state index in [2.05, 4.69) is 15.0 Å². The Hall–Kier alpha value is -2.81. The van der Waals surface area contributed by atoms with Crippen LogP contribution >= 0.6 is 11.3 Å². The Bertz CT molecular complexity index is 995. The summed E-state index contributed by atoms with van der Waals surface area (Å²) < 4.78 is 5.60. The van der Waals surface area contributed by atoms with Crippen molar-refractivity contribution in [1.82, 2.24) is 15.0 Å². The van der Waals surface area contributed by atoms with Gasteiger partial charge in [-0.3, -0.25) is 4.79 Å². The van der Waals surface area contributed by atoms with Gasteiger partial charge >= 0.3 is 5.82 Å². The standard InChI is InChI=1S/C15H14N4O4S/c1-7-9(3)24-15-11(7)14(20)17-12(18-15)8(2)23-10-5-4-6-16-13(10)19(21)22/h4-6,8H,1-3H3,(H,17,18,20)/t8-/m1/s1. The van der Waals surface area contributed by atoms with E-state index in [-0.39, 0.29) is 17.1 Å². The fourth-order valence-corrected chi connectivity index (χ4v) is 3.36. The van der Waals surface area contributed by atoms with Gasteiger partial charge in [0.25, 0.3) is 5.56 Å². The van der Waals surface area contributed by atoms with Crippen LogP contribution in [0.3, 0.4) is 0 Å². The number of nitro groups is 1. The second-order valence-electron chi connectivity index (χ2n) is 5.26. The third-order valence-electron chi connectivity index (χ3n) is 3.67. The number of thiophene rings is 1. The normalized spacial score (nSPS) is 12.3. The molecule has 1 N–H and O–H groups in total. The maximum atomic E-state index is 12.3. The number of H-pyrrole nitrogens is 1. The van der Waals surface area contributed by atoms with Crippen LogP contribution in [-0.4, -0.2) is 19.9 Å². The Balaban J connectivity index is 1.99. The summed E-state index contributed by atoms with van der Waals surface area (Å²) in [6.45, 7) is 5.47. The Morgan fingerprint density at radius 1 is 1.42 bits per heavy atom. The summed E-state index contributed by atoms with van der Waals surface area (Å²) in [4.78, 5) is 35.2. The van der Waals surface area contributed by atoms with Gasteiger partial charge in [0.15, 0.2) is 11.9 Å². The van der Waals surface area contributed by atoms with Gasteiger partial charge in [-0.15, -0.1) is 11.3 Å². The molecule has 3 aromatic rings. The lowest BCUT2D eigenvalue weighted by Gasteiger charge is -2.13. The van der Waals surface area contributed by atoms with Crippen LogP contribution in [0.25, 0.3) is 10.2 Å². The first-order chi connectivity index (χ1) is 11.4. The molecule has 124 valence electrons. The molecule has 0 unspecified atom stereocenters. The van der Waals surface area contributed by atoms with Gasteiger partial charge < -0.3 is 19.8 Å². The van der Waals surface area contributed by atoms with Gasteiger partial charge in [0.2, 0.25) is 5.75 Å². The number of aromatic nitrogens is 3. The Labute approximate surface area is 140 Å². The third-order valence-corrected chi connectivity index (χ3v) is 4.77. The number of hydrogen-bond donors (Lipinski definition) is 1. The molecule has 9 heteroatoms. The molecule has 0 aliphatic heterocycles. The number of nitrogens with zero attached hydrogens (tertiary/aromatic N) is 3. The SMILES string of the molecule is Cc1sc2nc([C@@H](C)Oc3cccnc3[N+](=O)[O-])[nH]c(=O)c2c1C. The summed E-state index contributed by atoms with van der Waals surface area (Å²) in [6, 6.07) is 3.00. The van der Waals surface area contributed by atoms with Crippen molar-refractivity contribution in [2.45, 2.75) is 26.9 Å². The predicted molar refractivity (Wildman–Crippen MR) is 89.6 cm³/mol. The Kier molecular flexibility index (Phi) is 4.02. The molecule has 0 fully saturated rings. The van der Waals surface area contributed by atoms with E-state index in [0.717, 1.165) is 10.4 Å². The molecular formula is C15H14N4O4S. The van der Waals surface area contributed by atoms with Crippen molar-refractivity contribution in [2.24, 2.45) is 0 Å². The lowest BCUT2D eigenvalue weighted by molar-refractivity contribution is -0.390. The van der Waals surface area contributed by atoms with Crippen molar-refractivity contribution >= 4 is 27.4 Å². The molecule has 0 aromatic carbocycles. The zero-order valence-electron chi connectivity index (χ0n) is 13.2. The summed E-state index contributed by atoms with van der Waals surface area (Å²) in [7, 11) is 0. The van der Waals surface area contributed by atoms with Crippen LogP contribution in [0.4, 0.5) is 5.82 Å². The minimum absolute atomic E-state index is 0.0243. The lowest BCUT2D eigenvalue weighted by atomic mass is 10.2. The van der Waals surface area contributed by atoms with E-state index in [0.29, 0.717) is 16.0 Å². The third kappa shape index (κ3) is 2.73. The van der Waals surface area contributed by atoms with E-state index in [1.54, 1.807) is 13.0 Å². The van der Waals surface area contributed by atoms with E-state index >= 15 is 0 Å². The average Bonchev–Trinajstić information content (AvgIpc) is 2.82. The highest BCUT2D eigenvalue weighted by atomic mass is 32.1. The fraction of sp³-hybridized carbons (Fsp3) is 0.267. The number of pyridine rings is 1. The highest BCUT2D eigenvalue weighted by Gasteiger charge is 2.21. The molecule has 0 radical (unpaired) electrons. The predicted octanol–water partition coefficient (Wildman–Crippen LogP) is 3.04. The van der Waals surface area contributed by atoms with E-state index in [4.69, 9.17) is 4.74 Å². The van der Waals surface area contributed by atoms with Gasteiger partial charge in [0.05, 0.1) is 5.39 Å². The number of aromatic amines is 1. The molecule has 8 nitrogen and oxygen atoms in total. The Morgan fingerprint density at radius 3 is 2.88 bits per heavy atom. The highest BCUT2D eigenvalue weighted by Crippen LogP contribution is 2.29. The van der Waals surface area contributed by atoms with Crippen molar-refractivity contribution in [2.75, 3.05) is 0 Å². The van der Waals surface area contributed by atoms with Crippen molar-refractivity contribution in [1.29, 1.82) is 0 Å². The van der Waals surface area contributed by atoms with Gasteiger partial charge in [0.1, 0.15) is 11.0 Å². The first kappa shape index (κ1) is 16.1. The average molecular weight is 346 g/mol. The van der Waals surface area contributed by atoms with E-state index in [9.17, 15) is 14.9 Å². The van der Waals surface area contributed by atoms with Crippen LogP contribution in [0.2, 0.25) is 0 Å². The van der Waals surface area contributed by atoms with Gasteiger partial charge in [0, 0.05) is 4.88 Å². The number of hydrogen-bond acceptors (Lipinski definition) is 7. The minimum atomic E-state index is -0.673. The first-order valence-electron chi connectivity index (χ1n) is 7.14. The van der Waals surface area contributed by atoms with E-state index in [1.165, 1.54) is 23.6 Å². The zero-order valence-corrected chi connectivity index (χ0v) is 14.0. The topological polar surface area (TPSA) is 111 Å². The minimum Gasteiger partial charge on any atom is -0.474 e. The maximum absolute atomic E-state index is 12.3. The summed E-state index contributed by atoms with van der Waals surface area (Å²) in [6.07, 6.45) is 0.645. The number of ether oxygens (including phenoxy) is 1. The van der Waals surface area contributed by atoms with Crippen LogP contribution in [0, 0.1) is 24.0 Å². The number of rotatable bonds is 4. The van der Waals surface area contributed by atoms with E-state index < -0.39 is 11.0 Å². The van der Waals surface area contributed by atoms with Crippen molar-refractivity contribution < 1.29 is 9.66 Å². The zero-order chi connectivity index (χ0) is 17.4. The lowest BCUT2D eigenvalue weighted by Crippen LogP contribution is -2.16. The van der Waals surface area contributed by atoms with Crippen LogP contribution in [0.1, 0.15) is 29.3 Å². The van der Waals surface area contributed by atoms with Crippen LogP contribution in [-0.2, 0) is 0 Å². The second-order valence-corrected chi connectivity index (χ2v) is 6.46. The van der Waals surface area contributed by atoms with Gasteiger partial charge in [-0.25, -0.2) is 4.98 Å². The van der Waals surface area contributed by atoms with Crippen molar-refractivity contribution in [3.05, 3.63) is 55.1 Å². The summed E-state index contributed by atoms with van der Waals surface area (Å²) in [5, 5.41) is 11.6. The van der Waals surface area contributed by atoms with Crippen LogP contribution in [0.15, 0.2) is 23.1 Å². The number of fused-ring (bicyclic) bond motifs is 1. The molecule has 0 spiro atoms. The number of nitrogens with one attached hydrogen (secondary N) is 1. The van der Waals surface area contributed by atoms with Crippen molar-refractivity contribution in [3.63, 3.8) is 0 Å². The van der Waals surface area contributed by atoms with Crippen LogP contribution in [0.5, 0.6) is 5.75 Å². The highest BCUT2D eigenvalue weighted by molar-refractivity contribution is 7.18. The summed E-state index contributed by atoms with van der Waals surface area (Å²) in [5.41, 5.74) is 0.666. The van der Waals surface area contributed by atoms with E-state index in [1.807, 2.05) is 13.8 Å². The van der Waals surface area contributed by atoms with Gasteiger partial charge in [-0.1, -0.05) is 0 Å². The monoisotopic (exact) mass is 346 g/mol. The van der Waals surface area contributed by atoms with Crippen LogP contribution < -0.4 is 10.3 Å². The molecular weight excluding hydrogens is 332 g/mol. The number of aryl methyl sites for hydroxylation is 2. The summed E-state index contributed by atoms with van der Waals surface area (Å²) in [5.74, 6) is -0.0428. The molecule has 3 rings (SSSR count). The molecule has 0 aliphatic rings. The molecule has 0 saturated carbocycles. The summed E-state index contributed by atoms with van der Waals surface area (Å²) >= 11 is 1.43. The molecule has 0 bridgehead atoms. The van der Waals surface area contributed by atoms with Gasteiger partial charge in [-0.2, -0.15) is 0 Å². The molecule has 1 atom stereocenters. The quantitative estimate of drug-likeness (QED) is 0.574. The first-order valence-corrected chi connectivity index (χ1v) is 7.96. The van der Waals surface area contributed by atoms with Gasteiger partial charge in [-0.05, 0) is 48.4 Å². The molecule has 3 heterocycles. The molecule has 0 saturated heterocycles.